The Bertz CT molecular complexity index is 1730. The highest BCUT2D eigenvalue weighted by Crippen LogP contribution is 2.44. The van der Waals surface area contributed by atoms with Crippen LogP contribution in [0.1, 0.15) is 28.4 Å². The summed E-state index contributed by atoms with van der Waals surface area (Å²) < 4.78 is 13.6. The Hall–Kier alpha value is -4.71. The number of ketones is 1. The first-order chi connectivity index (χ1) is 17.9. The number of carbonyl (C=O) groups is 2. The number of para-hydroxylation sites is 1. The Morgan fingerprint density at radius 1 is 0.919 bits per heavy atom. The third kappa shape index (κ3) is 3.78. The number of rotatable bonds is 4. The summed E-state index contributed by atoms with van der Waals surface area (Å²) in [5.41, 5.74) is 3.58. The van der Waals surface area contributed by atoms with E-state index < -0.39 is 17.7 Å². The van der Waals surface area contributed by atoms with E-state index in [1.54, 1.807) is 18.2 Å². The van der Waals surface area contributed by atoms with Crippen LogP contribution >= 0.6 is 0 Å². The summed E-state index contributed by atoms with van der Waals surface area (Å²) in [5.74, 6) is -2.06. The molecule has 1 aliphatic heterocycles. The van der Waals surface area contributed by atoms with E-state index in [2.05, 4.69) is 4.98 Å². The Morgan fingerprint density at radius 2 is 1.62 bits per heavy atom. The zero-order valence-electron chi connectivity index (χ0n) is 20.0. The number of nitrogens with zero attached hydrogens (tertiary/aromatic N) is 1. The molecule has 0 aliphatic carbocycles. The number of nitrogens with one attached hydrogen (secondary N) is 1. The second kappa shape index (κ2) is 8.75. The van der Waals surface area contributed by atoms with Gasteiger partial charge >= 0.3 is 0 Å². The van der Waals surface area contributed by atoms with Gasteiger partial charge in [0.25, 0.3) is 11.7 Å². The number of halogens is 1. The Morgan fingerprint density at radius 3 is 2.41 bits per heavy atom. The number of aliphatic hydroxyl groups excluding tert-OH is 1. The second-order valence-corrected chi connectivity index (χ2v) is 9.32. The topological polar surface area (TPSA) is 73.4 Å². The van der Waals surface area contributed by atoms with Gasteiger partial charge in [-0.2, -0.15) is 0 Å². The molecular formula is C31H23FN2O3. The van der Waals surface area contributed by atoms with Crippen LogP contribution < -0.4 is 0 Å². The van der Waals surface area contributed by atoms with Crippen molar-refractivity contribution in [2.75, 3.05) is 0 Å². The molecule has 1 amide bonds. The van der Waals surface area contributed by atoms with Crippen molar-refractivity contribution < 1.29 is 19.1 Å². The van der Waals surface area contributed by atoms with E-state index in [1.165, 1.54) is 17.0 Å². The van der Waals surface area contributed by atoms with Gasteiger partial charge in [-0.25, -0.2) is 4.39 Å². The average Bonchev–Trinajstić information content (AvgIpc) is 3.36. The second-order valence-electron chi connectivity index (χ2n) is 9.32. The van der Waals surface area contributed by atoms with Gasteiger partial charge in [-0.3, -0.25) is 9.59 Å². The molecule has 6 rings (SSSR count). The zero-order valence-corrected chi connectivity index (χ0v) is 20.0. The molecule has 5 aromatic rings. The zero-order chi connectivity index (χ0) is 25.7. The minimum atomic E-state index is -0.826. The smallest absolute Gasteiger partial charge is 0.295 e. The van der Waals surface area contributed by atoms with Gasteiger partial charge in [-0.1, -0.05) is 66.7 Å². The molecule has 0 radical (unpaired) electrons. The Labute approximate surface area is 212 Å². The van der Waals surface area contributed by atoms with Gasteiger partial charge in [0, 0.05) is 34.3 Å². The molecule has 1 aliphatic rings. The van der Waals surface area contributed by atoms with Gasteiger partial charge in [-0.05, 0) is 47.5 Å². The normalized spacial score (nSPS) is 17.2. The van der Waals surface area contributed by atoms with E-state index in [4.69, 9.17) is 0 Å². The van der Waals surface area contributed by atoms with Gasteiger partial charge in [0.1, 0.15) is 11.6 Å². The SMILES string of the molecule is Cc1[nH]c2ccccc2c1C1/C(=C(\O)c2ccc3ccccc3c2)C(=O)C(=O)N1Cc1ccc(F)cc1. The molecular weight excluding hydrogens is 467 g/mol. The largest absolute Gasteiger partial charge is 0.507 e. The molecule has 37 heavy (non-hydrogen) atoms. The number of carbonyl (C=O) groups excluding carboxylic acids is 2. The lowest BCUT2D eigenvalue weighted by atomic mass is 9.92. The van der Waals surface area contributed by atoms with Crippen LogP contribution in [0.2, 0.25) is 0 Å². The lowest BCUT2D eigenvalue weighted by molar-refractivity contribution is -0.140. The van der Waals surface area contributed by atoms with Crippen molar-refractivity contribution >= 4 is 39.1 Å². The fraction of sp³-hybridized carbons (Fsp3) is 0.0968. The van der Waals surface area contributed by atoms with Crippen LogP contribution in [-0.2, 0) is 16.1 Å². The summed E-state index contributed by atoms with van der Waals surface area (Å²) in [6.07, 6.45) is 0. The van der Waals surface area contributed by atoms with Crippen LogP contribution in [-0.4, -0.2) is 26.7 Å². The number of benzene rings is 4. The highest BCUT2D eigenvalue weighted by molar-refractivity contribution is 6.46. The Kier molecular flexibility index (Phi) is 5.37. The molecule has 2 heterocycles. The maximum atomic E-state index is 13.6. The first kappa shape index (κ1) is 22.7. The summed E-state index contributed by atoms with van der Waals surface area (Å²) in [7, 11) is 0. The molecule has 6 heteroatoms. The molecule has 5 nitrogen and oxygen atoms in total. The summed E-state index contributed by atoms with van der Waals surface area (Å²) in [6, 6.07) is 25.9. The van der Waals surface area contributed by atoms with Crippen molar-refractivity contribution in [2.45, 2.75) is 19.5 Å². The predicted molar refractivity (Wildman–Crippen MR) is 141 cm³/mol. The van der Waals surface area contributed by atoms with E-state index >= 15 is 0 Å². The van der Waals surface area contributed by atoms with Crippen LogP contribution in [0.4, 0.5) is 4.39 Å². The lowest BCUT2D eigenvalue weighted by Gasteiger charge is -2.26. The van der Waals surface area contributed by atoms with Crippen molar-refractivity contribution in [3.05, 3.63) is 125 Å². The van der Waals surface area contributed by atoms with Gasteiger partial charge in [0.2, 0.25) is 0 Å². The minimum Gasteiger partial charge on any atom is -0.507 e. The molecule has 1 atom stereocenters. The first-order valence-corrected chi connectivity index (χ1v) is 12.0. The van der Waals surface area contributed by atoms with Gasteiger partial charge in [-0.15, -0.1) is 0 Å². The molecule has 1 aromatic heterocycles. The van der Waals surface area contributed by atoms with Crippen LogP contribution in [0.15, 0.2) is 96.6 Å². The van der Waals surface area contributed by atoms with Gasteiger partial charge in [0.15, 0.2) is 0 Å². The Balaban J connectivity index is 1.57. The van der Waals surface area contributed by atoms with E-state index in [9.17, 15) is 19.1 Å². The van der Waals surface area contributed by atoms with Crippen molar-refractivity contribution in [1.82, 2.24) is 9.88 Å². The first-order valence-electron chi connectivity index (χ1n) is 12.0. The number of amides is 1. The van der Waals surface area contributed by atoms with Crippen LogP contribution in [0.3, 0.4) is 0 Å². The van der Waals surface area contributed by atoms with E-state index in [0.29, 0.717) is 11.1 Å². The number of fused-ring (bicyclic) bond motifs is 2. The van der Waals surface area contributed by atoms with Crippen molar-refractivity contribution in [3.8, 4) is 0 Å². The summed E-state index contributed by atoms with van der Waals surface area (Å²) in [6.45, 7) is 1.98. The fourth-order valence-electron chi connectivity index (χ4n) is 5.27. The molecule has 1 saturated heterocycles. The summed E-state index contributed by atoms with van der Waals surface area (Å²) in [4.78, 5) is 31.8. The van der Waals surface area contributed by atoms with E-state index in [0.717, 1.165) is 32.9 Å². The standard InChI is InChI=1S/C31H23FN2O3/c1-18-26(24-8-4-5-9-25(24)33-18)28-27(29(35)22-13-12-20-6-2-3-7-21(20)16-22)30(36)31(37)34(28)17-19-10-14-23(32)15-11-19/h2-16,28,33,35H,17H2,1H3/b29-27+. The fourth-order valence-corrected chi connectivity index (χ4v) is 5.27. The lowest BCUT2D eigenvalue weighted by Crippen LogP contribution is -2.29. The predicted octanol–water partition coefficient (Wildman–Crippen LogP) is 6.39. The van der Waals surface area contributed by atoms with Crippen LogP contribution in [0.5, 0.6) is 0 Å². The number of aryl methyl sites for hydroxylation is 1. The minimum absolute atomic E-state index is 0.0373. The maximum absolute atomic E-state index is 13.6. The quantitative estimate of drug-likeness (QED) is 0.174. The number of Topliss-reactive ketones (excluding diaryl/α,β-unsaturated/α-hetero) is 1. The molecule has 1 fully saturated rings. The highest BCUT2D eigenvalue weighted by Gasteiger charge is 2.47. The monoisotopic (exact) mass is 490 g/mol. The van der Waals surface area contributed by atoms with E-state index in [1.807, 2.05) is 67.6 Å². The molecule has 182 valence electrons. The van der Waals surface area contributed by atoms with Crippen molar-refractivity contribution in [2.24, 2.45) is 0 Å². The number of aromatic nitrogens is 1. The average molecular weight is 491 g/mol. The number of likely N-dealkylation sites (tertiary alicyclic amines) is 1. The molecule has 1 unspecified atom stereocenters. The molecule has 2 N–H and O–H groups in total. The molecule has 0 spiro atoms. The van der Waals surface area contributed by atoms with Crippen molar-refractivity contribution in [3.63, 3.8) is 0 Å². The summed E-state index contributed by atoms with van der Waals surface area (Å²) >= 11 is 0. The molecule has 0 saturated carbocycles. The van der Waals surface area contributed by atoms with Gasteiger partial charge < -0.3 is 15.0 Å². The third-order valence-corrected chi connectivity index (χ3v) is 7.05. The number of hydrogen-bond donors (Lipinski definition) is 2. The van der Waals surface area contributed by atoms with Crippen LogP contribution in [0.25, 0.3) is 27.4 Å². The van der Waals surface area contributed by atoms with Crippen LogP contribution in [0, 0.1) is 12.7 Å². The number of hydrogen-bond acceptors (Lipinski definition) is 3. The molecule has 0 bridgehead atoms. The maximum Gasteiger partial charge on any atom is 0.295 e. The van der Waals surface area contributed by atoms with Crippen molar-refractivity contribution in [1.29, 1.82) is 0 Å². The molecule has 4 aromatic carbocycles. The summed E-state index contributed by atoms with van der Waals surface area (Å²) in [5, 5.41) is 14.3. The number of aromatic amines is 1. The highest BCUT2D eigenvalue weighted by atomic mass is 19.1. The number of H-pyrrole nitrogens is 1. The van der Waals surface area contributed by atoms with Gasteiger partial charge in [0.05, 0.1) is 11.6 Å². The third-order valence-electron chi connectivity index (χ3n) is 7.05. The van der Waals surface area contributed by atoms with E-state index in [-0.39, 0.29) is 23.7 Å². The number of aliphatic hydroxyl groups is 1.